The minimum absolute atomic E-state index is 0.252. The van der Waals surface area contributed by atoms with Crippen molar-refractivity contribution in [2.75, 3.05) is 10.6 Å². The van der Waals surface area contributed by atoms with Crippen molar-refractivity contribution >= 4 is 23.1 Å². The molecule has 1 amide bonds. The molecule has 1 aromatic heterocycles. The molecule has 2 aromatic carbocycles. The van der Waals surface area contributed by atoms with Crippen LogP contribution in [0.25, 0.3) is 0 Å². The van der Waals surface area contributed by atoms with Crippen LogP contribution in [-0.4, -0.2) is 10.9 Å². The fourth-order valence-corrected chi connectivity index (χ4v) is 2.67. The molecule has 0 saturated heterocycles. The highest BCUT2D eigenvalue weighted by Gasteiger charge is 2.32. The third-order valence-corrected chi connectivity index (χ3v) is 4.17. The molecule has 0 fully saturated rings. The molecule has 0 bridgehead atoms. The first-order chi connectivity index (χ1) is 13.6. The first-order valence-electron chi connectivity index (χ1n) is 8.63. The van der Waals surface area contributed by atoms with Gasteiger partial charge in [0, 0.05) is 16.9 Å². The second-order valence-electron chi connectivity index (χ2n) is 6.47. The molecule has 0 atom stereocenters. The van der Waals surface area contributed by atoms with Crippen LogP contribution >= 0.6 is 0 Å². The molecule has 2 N–H and O–H groups in total. The third-order valence-electron chi connectivity index (χ3n) is 4.17. The van der Waals surface area contributed by atoms with Crippen LogP contribution in [0.3, 0.4) is 0 Å². The molecule has 0 unspecified atom stereocenters. The van der Waals surface area contributed by atoms with E-state index in [0.717, 1.165) is 17.3 Å². The summed E-state index contributed by atoms with van der Waals surface area (Å²) in [7, 11) is 0. The van der Waals surface area contributed by atoms with Gasteiger partial charge >= 0.3 is 6.18 Å². The van der Waals surface area contributed by atoms with Gasteiger partial charge in [0.15, 0.2) is 5.82 Å². The first-order valence-corrected chi connectivity index (χ1v) is 8.63. The van der Waals surface area contributed by atoms with Crippen molar-refractivity contribution in [3.8, 4) is 0 Å². The van der Waals surface area contributed by atoms with Crippen molar-refractivity contribution in [1.82, 2.24) is 4.98 Å². The molecule has 0 aliphatic heterocycles. The van der Waals surface area contributed by atoms with Crippen molar-refractivity contribution in [3.63, 3.8) is 0 Å². The van der Waals surface area contributed by atoms with E-state index < -0.39 is 29.0 Å². The molecule has 8 heteroatoms. The fraction of sp³-hybridized carbons (Fsp3) is 0.143. The summed E-state index contributed by atoms with van der Waals surface area (Å²) in [5.74, 6) is -1.71. The second kappa shape index (κ2) is 7.90. The highest BCUT2D eigenvalue weighted by atomic mass is 19.4. The standard InChI is InChI=1S/C21H17F4N3O/c1-12-5-3-4-6-17(12)27-19-18(8-7-13(2)26-19)28-20(29)14-9-15(21(23,24)25)11-16(22)10-14/h3-11H,1-2H3,(H,26,27)(H,28,29). The van der Waals surface area contributed by atoms with Gasteiger partial charge in [0.1, 0.15) is 5.82 Å². The summed E-state index contributed by atoms with van der Waals surface area (Å²) in [6.07, 6.45) is -4.76. The molecule has 0 spiro atoms. The van der Waals surface area contributed by atoms with Gasteiger partial charge in [-0.15, -0.1) is 0 Å². The van der Waals surface area contributed by atoms with Gasteiger partial charge in [0.25, 0.3) is 5.91 Å². The highest BCUT2D eigenvalue weighted by molar-refractivity contribution is 6.06. The van der Waals surface area contributed by atoms with E-state index in [1.807, 2.05) is 31.2 Å². The predicted octanol–water partition coefficient (Wildman–Crippen LogP) is 5.85. The molecule has 0 aliphatic rings. The average Bonchev–Trinajstić information content (AvgIpc) is 2.64. The number of halogens is 4. The number of carbonyl (C=O) groups excluding carboxylic acids is 1. The molecule has 150 valence electrons. The van der Waals surface area contributed by atoms with Gasteiger partial charge in [-0.3, -0.25) is 4.79 Å². The number of hydrogen-bond donors (Lipinski definition) is 2. The molecule has 29 heavy (non-hydrogen) atoms. The van der Waals surface area contributed by atoms with Crippen LogP contribution < -0.4 is 10.6 Å². The lowest BCUT2D eigenvalue weighted by Gasteiger charge is -2.15. The summed E-state index contributed by atoms with van der Waals surface area (Å²) >= 11 is 0. The maximum Gasteiger partial charge on any atom is 0.416 e. The third kappa shape index (κ3) is 4.90. The maximum absolute atomic E-state index is 13.6. The smallest absolute Gasteiger partial charge is 0.338 e. The largest absolute Gasteiger partial charge is 0.416 e. The van der Waals surface area contributed by atoms with Gasteiger partial charge < -0.3 is 10.6 Å². The van der Waals surface area contributed by atoms with E-state index in [2.05, 4.69) is 15.6 Å². The SMILES string of the molecule is Cc1ccc(NC(=O)c2cc(F)cc(C(F)(F)F)c2)c(Nc2ccccc2C)n1. The quantitative estimate of drug-likeness (QED) is 0.537. The van der Waals surface area contributed by atoms with E-state index >= 15 is 0 Å². The van der Waals surface area contributed by atoms with Crippen LogP contribution in [0.5, 0.6) is 0 Å². The Labute approximate surface area is 164 Å². The van der Waals surface area contributed by atoms with Crippen LogP contribution in [0.4, 0.5) is 34.8 Å². The van der Waals surface area contributed by atoms with E-state index in [4.69, 9.17) is 0 Å². The summed E-state index contributed by atoms with van der Waals surface area (Å²) in [6.45, 7) is 3.65. The van der Waals surface area contributed by atoms with Crippen LogP contribution in [0.15, 0.2) is 54.6 Å². The lowest BCUT2D eigenvalue weighted by atomic mass is 10.1. The summed E-state index contributed by atoms with van der Waals surface area (Å²) in [6, 6.07) is 12.3. The Morgan fingerprint density at radius 3 is 2.38 bits per heavy atom. The summed E-state index contributed by atoms with van der Waals surface area (Å²) in [5, 5.41) is 5.61. The Hall–Kier alpha value is -3.42. The number of nitrogens with zero attached hydrogens (tertiary/aromatic N) is 1. The zero-order valence-corrected chi connectivity index (χ0v) is 15.6. The van der Waals surface area contributed by atoms with E-state index in [9.17, 15) is 22.4 Å². The topological polar surface area (TPSA) is 54.0 Å². The van der Waals surface area contributed by atoms with Crippen LogP contribution in [-0.2, 0) is 6.18 Å². The molecule has 3 aromatic rings. The van der Waals surface area contributed by atoms with Gasteiger partial charge in [-0.25, -0.2) is 9.37 Å². The normalized spacial score (nSPS) is 11.2. The number of aromatic nitrogens is 1. The minimum atomic E-state index is -4.76. The zero-order valence-electron chi connectivity index (χ0n) is 15.6. The average molecular weight is 403 g/mol. The molecule has 0 aliphatic carbocycles. The highest BCUT2D eigenvalue weighted by Crippen LogP contribution is 2.31. The first kappa shape index (κ1) is 20.3. The fourth-order valence-electron chi connectivity index (χ4n) is 2.67. The lowest BCUT2D eigenvalue weighted by molar-refractivity contribution is -0.137. The predicted molar refractivity (Wildman–Crippen MR) is 103 cm³/mol. The van der Waals surface area contributed by atoms with Crippen molar-refractivity contribution in [2.24, 2.45) is 0 Å². The summed E-state index contributed by atoms with van der Waals surface area (Å²) in [5.41, 5.74) is 0.938. The Kier molecular flexibility index (Phi) is 5.54. The van der Waals surface area contributed by atoms with Crippen molar-refractivity contribution in [3.05, 3.63) is 82.8 Å². The Morgan fingerprint density at radius 1 is 0.966 bits per heavy atom. The van der Waals surface area contributed by atoms with Crippen molar-refractivity contribution in [2.45, 2.75) is 20.0 Å². The number of para-hydroxylation sites is 1. The number of aryl methyl sites for hydroxylation is 2. The van der Waals surface area contributed by atoms with Gasteiger partial charge in [0.2, 0.25) is 0 Å². The maximum atomic E-state index is 13.6. The number of anilines is 3. The molecule has 1 heterocycles. The zero-order chi connectivity index (χ0) is 21.2. The van der Waals surface area contributed by atoms with Crippen LogP contribution in [0, 0.1) is 19.7 Å². The van der Waals surface area contributed by atoms with Crippen molar-refractivity contribution < 1.29 is 22.4 Å². The lowest BCUT2D eigenvalue weighted by Crippen LogP contribution is -2.16. The van der Waals surface area contributed by atoms with Gasteiger partial charge in [-0.1, -0.05) is 18.2 Å². The minimum Gasteiger partial charge on any atom is -0.338 e. The van der Waals surface area contributed by atoms with E-state index in [-0.39, 0.29) is 5.69 Å². The van der Waals surface area contributed by atoms with Gasteiger partial charge in [-0.2, -0.15) is 13.2 Å². The number of pyridine rings is 1. The van der Waals surface area contributed by atoms with Gasteiger partial charge in [0.05, 0.1) is 11.3 Å². The van der Waals surface area contributed by atoms with E-state index in [1.165, 1.54) is 0 Å². The molecular formula is C21H17F4N3O. The Balaban J connectivity index is 1.92. The molecule has 4 nitrogen and oxygen atoms in total. The Bertz CT molecular complexity index is 1060. The number of rotatable bonds is 4. The number of benzene rings is 2. The number of amides is 1. The molecule has 3 rings (SSSR count). The number of alkyl halides is 3. The van der Waals surface area contributed by atoms with Gasteiger partial charge in [-0.05, 0) is 55.8 Å². The number of hydrogen-bond acceptors (Lipinski definition) is 3. The number of carbonyl (C=O) groups is 1. The van der Waals surface area contributed by atoms with Crippen LogP contribution in [0.1, 0.15) is 27.2 Å². The monoisotopic (exact) mass is 403 g/mol. The Morgan fingerprint density at radius 2 is 1.69 bits per heavy atom. The van der Waals surface area contributed by atoms with Crippen molar-refractivity contribution in [1.29, 1.82) is 0 Å². The molecule has 0 radical (unpaired) electrons. The van der Waals surface area contributed by atoms with E-state index in [1.54, 1.807) is 19.1 Å². The van der Waals surface area contributed by atoms with Crippen LogP contribution in [0.2, 0.25) is 0 Å². The number of nitrogens with one attached hydrogen (secondary N) is 2. The summed E-state index contributed by atoms with van der Waals surface area (Å²) < 4.78 is 52.3. The second-order valence-corrected chi connectivity index (χ2v) is 6.47. The summed E-state index contributed by atoms with van der Waals surface area (Å²) in [4.78, 5) is 16.9. The molecular weight excluding hydrogens is 386 g/mol. The molecule has 0 saturated carbocycles. The van der Waals surface area contributed by atoms with E-state index in [0.29, 0.717) is 23.6 Å².